The van der Waals surface area contributed by atoms with Gasteiger partial charge in [-0.2, -0.15) is 5.26 Å². The number of epoxide rings is 1. The molecule has 1 spiro atoms. The van der Waals surface area contributed by atoms with Gasteiger partial charge in [-0.1, -0.05) is 6.92 Å². The number of nitrogens with zero attached hydrogens (tertiary/aromatic N) is 7. The molecule has 0 aromatic carbocycles. The van der Waals surface area contributed by atoms with Crippen LogP contribution in [-0.4, -0.2) is 182 Å². The van der Waals surface area contributed by atoms with Gasteiger partial charge in [0.25, 0.3) is 5.91 Å². The van der Waals surface area contributed by atoms with Crippen molar-refractivity contribution in [3.8, 4) is 6.07 Å². The standard InChI is InChI=1S/C37H49N9O12/c1-18-5-8-44(25(49)4-7-38)12-23(18)43(3)31-21-6-9-46(32(21)40-17-39-31)35(53)45-15-36(16-45)10-20(11-36)42-33(52)30-37(54)29(58-37)27(51)34(57-30)56-28-22(41-19(2)48)14-55-24(13-47)26(28)50/h6,9,17-18,20,22-24,26-30,34,47,50-51,54H,4-5,8,10-16H2,1-3H3,(H,41,48)(H,42,52)/t18-,22-,23+,24?,26?,27?,28?,29?,30?,34?,37+/m1/s1. The first-order valence-electron chi connectivity index (χ1n) is 19.5. The number of ether oxygens (including phenoxy) is 4. The van der Waals surface area contributed by atoms with E-state index in [1.165, 1.54) is 17.8 Å². The van der Waals surface area contributed by atoms with Crippen molar-refractivity contribution in [3.05, 3.63) is 18.6 Å². The number of likely N-dealkylation sites (tertiary alicyclic amines) is 2. The maximum absolute atomic E-state index is 13.7. The van der Waals surface area contributed by atoms with Gasteiger partial charge >= 0.3 is 6.03 Å². The Morgan fingerprint density at radius 3 is 2.60 bits per heavy atom. The fourth-order valence-electron chi connectivity index (χ4n) is 9.42. The highest BCUT2D eigenvalue weighted by molar-refractivity contribution is 5.95. The predicted octanol–water partition coefficient (Wildman–Crippen LogP) is -2.62. The molecule has 11 atom stereocenters. The molecule has 5 saturated heterocycles. The Morgan fingerprint density at radius 1 is 1.14 bits per heavy atom. The molecule has 58 heavy (non-hydrogen) atoms. The number of amides is 4. The lowest BCUT2D eigenvalue weighted by molar-refractivity contribution is -0.296. The number of hydrogen-bond donors (Lipinski definition) is 6. The lowest BCUT2D eigenvalue weighted by Gasteiger charge is -2.58. The maximum Gasteiger partial charge on any atom is 0.329 e. The van der Waals surface area contributed by atoms with Crippen LogP contribution in [-0.2, 0) is 33.3 Å². The molecule has 21 heteroatoms. The highest BCUT2D eigenvalue weighted by atomic mass is 16.8. The van der Waals surface area contributed by atoms with E-state index in [0.29, 0.717) is 55.9 Å². The number of piperidine rings is 1. The van der Waals surface area contributed by atoms with Gasteiger partial charge in [-0.05, 0) is 31.2 Å². The lowest BCUT2D eigenvalue weighted by atomic mass is 9.60. The van der Waals surface area contributed by atoms with Gasteiger partial charge in [0.2, 0.25) is 17.6 Å². The number of aromatic nitrogens is 3. The van der Waals surface area contributed by atoms with Crippen LogP contribution in [0.15, 0.2) is 18.6 Å². The molecular formula is C37H49N9O12. The predicted molar refractivity (Wildman–Crippen MR) is 196 cm³/mol. The molecule has 6 aliphatic rings. The zero-order chi connectivity index (χ0) is 41.3. The number of nitriles is 1. The average Bonchev–Trinajstić information content (AvgIpc) is 3.69. The molecule has 7 heterocycles. The number of aliphatic hydroxyl groups excluding tert-OH is 3. The molecule has 7 unspecified atom stereocenters. The number of fused-ring (bicyclic) bond motifs is 2. The van der Waals surface area contributed by atoms with Crippen LogP contribution in [0.2, 0.25) is 0 Å². The molecule has 6 fully saturated rings. The van der Waals surface area contributed by atoms with Crippen molar-refractivity contribution in [1.82, 2.24) is 35.0 Å². The minimum absolute atomic E-state index is 0.0569. The van der Waals surface area contributed by atoms with E-state index >= 15 is 0 Å². The van der Waals surface area contributed by atoms with Gasteiger partial charge < -0.3 is 64.7 Å². The molecule has 21 nitrogen and oxygen atoms in total. The lowest BCUT2D eigenvalue weighted by Crippen LogP contribution is -2.69. The second-order valence-corrected chi connectivity index (χ2v) is 16.6. The minimum atomic E-state index is -2.10. The Kier molecular flexibility index (Phi) is 10.6. The molecule has 5 aliphatic heterocycles. The van der Waals surface area contributed by atoms with Gasteiger partial charge in [-0.15, -0.1) is 0 Å². The number of hydrogen-bond acceptors (Lipinski definition) is 16. The molecule has 2 aromatic heterocycles. The Balaban J connectivity index is 0.864. The first-order valence-corrected chi connectivity index (χ1v) is 19.5. The van der Waals surface area contributed by atoms with Crippen molar-refractivity contribution in [1.29, 1.82) is 5.26 Å². The van der Waals surface area contributed by atoms with Crippen LogP contribution in [0.4, 0.5) is 10.6 Å². The van der Waals surface area contributed by atoms with E-state index in [1.54, 1.807) is 22.1 Å². The van der Waals surface area contributed by atoms with Gasteiger partial charge in [-0.25, -0.2) is 14.8 Å². The summed E-state index contributed by atoms with van der Waals surface area (Å²) >= 11 is 0. The van der Waals surface area contributed by atoms with E-state index in [0.717, 1.165) is 6.42 Å². The Morgan fingerprint density at radius 2 is 1.90 bits per heavy atom. The summed E-state index contributed by atoms with van der Waals surface area (Å²) in [7, 11) is 1.91. The maximum atomic E-state index is 13.7. The van der Waals surface area contributed by atoms with Gasteiger partial charge in [0, 0.05) is 57.8 Å². The molecule has 1 aliphatic carbocycles. The van der Waals surface area contributed by atoms with Gasteiger partial charge in [0.15, 0.2) is 18.0 Å². The summed E-state index contributed by atoms with van der Waals surface area (Å²) in [5.74, 6) is -2.55. The number of likely N-dealkylation sites (N-methyl/N-ethyl adjacent to an activating group) is 1. The first kappa shape index (κ1) is 40.3. The molecule has 2 aromatic rings. The largest absolute Gasteiger partial charge is 0.394 e. The Hall–Kier alpha value is -4.53. The summed E-state index contributed by atoms with van der Waals surface area (Å²) in [4.78, 5) is 66.0. The first-order chi connectivity index (χ1) is 27.7. The molecule has 1 saturated carbocycles. The molecule has 4 amide bonds. The fraction of sp³-hybridized carbons (Fsp3) is 0.703. The summed E-state index contributed by atoms with van der Waals surface area (Å²) < 4.78 is 24.0. The van der Waals surface area contributed by atoms with Crippen molar-refractivity contribution < 1.29 is 58.6 Å². The van der Waals surface area contributed by atoms with Crippen molar-refractivity contribution in [2.45, 2.75) is 106 Å². The summed E-state index contributed by atoms with van der Waals surface area (Å²) in [5, 5.41) is 57.5. The van der Waals surface area contributed by atoms with Gasteiger partial charge in [0.05, 0.1) is 36.8 Å². The van der Waals surface area contributed by atoms with Crippen molar-refractivity contribution in [2.24, 2.45) is 11.3 Å². The molecule has 8 rings (SSSR count). The van der Waals surface area contributed by atoms with E-state index in [-0.39, 0.29) is 48.4 Å². The third kappa shape index (κ3) is 7.04. The van der Waals surface area contributed by atoms with E-state index in [2.05, 4.69) is 27.5 Å². The zero-order valence-electron chi connectivity index (χ0n) is 32.3. The molecule has 6 N–H and O–H groups in total. The quantitative estimate of drug-likeness (QED) is 0.142. The SMILES string of the molecule is CC(=O)N[C@@H]1COC(CO)C(O)C1OC1OC(C(=O)NC2CC3(C2)CN(C(=O)n2ccc4c(N(C)[C@H]5CN(C(=O)CC#N)CC[C@H]5C)ncnc42)C3)[C@@]2(O)OC2C1O. The van der Waals surface area contributed by atoms with Gasteiger partial charge in [0.1, 0.15) is 49.1 Å². The summed E-state index contributed by atoms with van der Waals surface area (Å²) in [6.45, 7) is 4.70. The number of nitrogens with one attached hydrogen (secondary N) is 2. The second-order valence-electron chi connectivity index (χ2n) is 16.6. The van der Waals surface area contributed by atoms with Crippen molar-refractivity contribution in [3.63, 3.8) is 0 Å². The van der Waals surface area contributed by atoms with Crippen LogP contribution in [0.25, 0.3) is 11.0 Å². The normalized spacial score (nSPS) is 35.3. The van der Waals surface area contributed by atoms with E-state index in [4.69, 9.17) is 24.2 Å². The summed E-state index contributed by atoms with van der Waals surface area (Å²) in [6, 6.07) is 2.27. The summed E-state index contributed by atoms with van der Waals surface area (Å²) in [6.07, 6.45) is -4.74. The molecular weight excluding hydrogens is 762 g/mol. The van der Waals surface area contributed by atoms with E-state index < -0.39 is 73.2 Å². The number of carbonyl (C=O) groups excluding carboxylic acids is 4. The average molecular weight is 812 g/mol. The van der Waals surface area contributed by atoms with Crippen LogP contribution < -0.4 is 15.5 Å². The zero-order valence-corrected chi connectivity index (χ0v) is 32.3. The Bertz CT molecular complexity index is 1980. The van der Waals surface area contributed by atoms with Crippen LogP contribution >= 0.6 is 0 Å². The third-order valence-electron chi connectivity index (χ3n) is 12.6. The van der Waals surface area contributed by atoms with Crippen LogP contribution in [0.1, 0.15) is 39.5 Å². The van der Waals surface area contributed by atoms with E-state index in [1.807, 2.05) is 18.0 Å². The number of aliphatic hydroxyl groups is 4. The minimum Gasteiger partial charge on any atom is -0.394 e. The van der Waals surface area contributed by atoms with Crippen LogP contribution in [0.5, 0.6) is 0 Å². The third-order valence-corrected chi connectivity index (χ3v) is 12.6. The Labute approximate surface area is 332 Å². The summed E-state index contributed by atoms with van der Waals surface area (Å²) in [5.41, 5.74) is 0.237. The van der Waals surface area contributed by atoms with Crippen molar-refractivity contribution >= 4 is 40.6 Å². The van der Waals surface area contributed by atoms with Gasteiger partial charge in [-0.3, -0.25) is 19.0 Å². The fourth-order valence-corrected chi connectivity index (χ4v) is 9.42. The highest BCUT2D eigenvalue weighted by Crippen LogP contribution is 2.50. The molecule has 314 valence electrons. The van der Waals surface area contributed by atoms with Crippen LogP contribution in [0.3, 0.4) is 0 Å². The van der Waals surface area contributed by atoms with Crippen molar-refractivity contribution in [2.75, 3.05) is 51.3 Å². The molecule has 0 bridgehead atoms. The van der Waals surface area contributed by atoms with E-state index in [9.17, 15) is 39.6 Å². The number of rotatable bonds is 9. The smallest absolute Gasteiger partial charge is 0.329 e. The monoisotopic (exact) mass is 811 g/mol. The number of carbonyl (C=O) groups is 4. The van der Waals surface area contributed by atoms with Crippen LogP contribution in [0, 0.1) is 22.7 Å². The topological polar surface area (TPSA) is 278 Å². The molecule has 0 radical (unpaired) electrons. The highest BCUT2D eigenvalue weighted by Gasteiger charge is 2.73. The second kappa shape index (κ2) is 15.3. The number of anilines is 1.